The Bertz CT molecular complexity index is 507. The molecule has 0 saturated heterocycles. The van der Waals surface area contributed by atoms with Gasteiger partial charge >= 0.3 is 0 Å². The first kappa shape index (κ1) is 13.8. The highest BCUT2D eigenvalue weighted by atomic mass is 19.1. The molecule has 0 amide bonds. The van der Waals surface area contributed by atoms with Crippen molar-refractivity contribution in [3.63, 3.8) is 0 Å². The standard InChI is InChI=1S/C12H12FNO4/c1-8(2)5-10(15)7-18-12-6-9(14(16)17)3-4-11(12)13/h3-6H,7H2,1-2H3. The lowest BCUT2D eigenvalue weighted by molar-refractivity contribution is -0.385. The molecule has 0 N–H and O–H groups in total. The quantitative estimate of drug-likeness (QED) is 0.459. The number of carbonyl (C=O) groups excluding carboxylic acids is 1. The first-order valence-corrected chi connectivity index (χ1v) is 5.14. The molecule has 0 radical (unpaired) electrons. The van der Waals surface area contributed by atoms with Crippen LogP contribution in [0.3, 0.4) is 0 Å². The molecule has 0 unspecified atom stereocenters. The molecule has 96 valence electrons. The number of rotatable bonds is 5. The van der Waals surface area contributed by atoms with Crippen LogP contribution in [0.25, 0.3) is 0 Å². The van der Waals surface area contributed by atoms with E-state index in [1.165, 1.54) is 6.08 Å². The number of ether oxygens (including phenoxy) is 1. The molecule has 5 nitrogen and oxygen atoms in total. The molecule has 1 aromatic carbocycles. The summed E-state index contributed by atoms with van der Waals surface area (Å²) in [5, 5.41) is 10.5. The van der Waals surface area contributed by atoms with Gasteiger partial charge in [-0.1, -0.05) is 5.57 Å². The second-order valence-electron chi connectivity index (χ2n) is 3.85. The number of halogens is 1. The number of non-ortho nitro benzene ring substituents is 1. The summed E-state index contributed by atoms with van der Waals surface area (Å²) < 4.78 is 18.2. The molecule has 0 aliphatic rings. The minimum Gasteiger partial charge on any atom is -0.482 e. The summed E-state index contributed by atoms with van der Waals surface area (Å²) >= 11 is 0. The first-order valence-electron chi connectivity index (χ1n) is 5.14. The van der Waals surface area contributed by atoms with Crippen LogP contribution in [0, 0.1) is 15.9 Å². The Morgan fingerprint density at radius 1 is 1.50 bits per heavy atom. The van der Waals surface area contributed by atoms with Gasteiger partial charge in [-0.05, 0) is 26.0 Å². The predicted octanol–water partition coefficient (Wildman–Crippen LogP) is 2.65. The van der Waals surface area contributed by atoms with Crippen LogP contribution in [0.1, 0.15) is 13.8 Å². The molecule has 0 saturated carbocycles. The molecule has 0 aliphatic heterocycles. The lowest BCUT2D eigenvalue weighted by Crippen LogP contribution is -2.09. The van der Waals surface area contributed by atoms with Crippen molar-refractivity contribution < 1.29 is 18.8 Å². The molecule has 0 atom stereocenters. The van der Waals surface area contributed by atoms with Crippen LogP contribution in [0.4, 0.5) is 10.1 Å². The normalized spacial score (nSPS) is 9.72. The highest BCUT2D eigenvalue weighted by Crippen LogP contribution is 2.23. The van der Waals surface area contributed by atoms with Crippen LogP contribution in [0.15, 0.2) is 29.8 Å². The summed E-state index contributed by atoms with van der Waals surface area (Å²) in [5.74, 6) is -1.38. The molecule has 0 aliphatic carbocycles. The molecule has 6 heteroatoms. The highest BCUT2D eigenvalue weighted by Gasteiger charge is 2.12. The van der Waals surface area contributed by atoms with Crippen molar-refractivity contribution in [2.75, 3.05) is 6.61 Å². The van der Waals surface area contributed by atoms with E-state index in [0.29, 0.717) is 0 Å². The fraction of sp³-hybridized carbons (Fsp3) is 0.250. The Kier molecular flexibility index (Phi) is 4.53. The van der Waals surface area contributed by atoms with Crippen molar-refractivity contribution in [1.29, 1.82) is 0 Å². The van der Waals surface area contributed by atoms with Crippen molar-refractivity contribution in [3.05, 3.63) is 45.8 Å². The third-order valence-corrected chi connectivity index (χ3v) is 1.95. The van der Waals surface area contributed by atoms with E-state index in [4.69, 9.17) is 4.74 Å². The number of nitro groups is 1. The maximum Gasteiger partial charge on any atom is 0.273 e. The summed E-state index contributed by atoms with van der Waals surface area (Å²) in [6.45, 7) is 3.13. The number of hydrogen-bond acceptors (Lipinski definition) is 4. The molecular formula is C12H12FNO4. The van der Waals surface area contributed by atoms with Gasteiger partial charge in [-0.2, -0.15) is 0 Å². The van der Waals surface area contributed by atoms with E-state index in [1.807, 2.05) is 0 Å². The van der Waals surface area contributed by atoms with E-state index in [1.54, 1.807) is 13.8 Å². The number of nitro benzene ring substituents is 1. The lowest BCUT2D eigenvalue weighted by atomic mass is 10.2. The van der Waals surface area contributed by atoms with Gasteiger partial charge in [0.1, 0.15) is 0 Å². The van der Waals surface area contributed by atoms with Crippen molar-refractivity contribution in [2.24, 2.45) is 0 Å². The van der Waals surface area contributed by atoms with Crippen molar-refractivity contribution in [1.82, 2.24) is 0 Å². The van der Waals surface area contributed by atoms with Gasteiger partial charge in [-0.3, -0.25) is 14.9 Å². The zero-order chi connectivity index (χ0) is 13.7. The third-order valence-electron chi connectivity index (χ3n) is 1.95. The van der Waals surface area contributed by atoms with E-state index in [2.05, 4.69) is 0 Å². The molecule has 0 bridgehead atoms. The average Bonchev–Trinajstić information content (AvgIpc) is 2.26. The summed E-state index contributed by atoms with van der Waals surface area (Å²) in [4.78, 5) is 21.1. The second kappa shape index (κ2) is 5.90. The van der Waals surface area contributed by atoms with Crippen LogP contribution in [-0.4, -0.2) is 17.3 Å². The Morgan fingerprint density at radius 2 is 2.17 bits per heavy atom. The summed E-state index contributed by atoms with van der Waals surface area (Å²) in [6.07, 6.45) is 1.36. The smallest absolute Gasteiger partial charge is 0.273 e. The molecule has 1 aromatic rings. The van der Waals surface area contributed by atoms with E-state index in [9.17, 15) is 19.3 Å². The van der Waals surface area contributed by atoms with Gasteiger partial charge in [0.15, 0.2) is 24.0 Å². The summed E-state index contributed by atoms with van der Waals surface area (Å²) in [6, 6.07) is 2.91. The van der Waals surface area contributed by atoms with Gasteiger partial charge in [-0.15, -0.1) is 0 Å². The van der Waals surface area contributed by atoms with Gasteiger partial charge < -0.3 is 4.74 Å². The number of nitrogens with zero attached hydrogens (tertiary/aromatic N) is 1. The Balaban J connectivity index is 2.78. The fourth-order valence-electron chi connectivity index (χ4n) is 1.23. The maximum atomic E-state index is 13.3. The van der Waals surface area contributed by atoms with Gasteiger partial charge in [0, 0.05) is 6.07 Å². The van der Waals surface area contributed by atoms with Crippen molar-refractivity contribution in [2.45, 2.75) is 13.8 Å². The minimum atomic E-state index is -0.745. The van der Waals surface area contributed by atoms with E-state index < -0.39 is 10.7 Å². The minimum absolute atomic E-state index is 0.291. The number of allylic oxidation sites excluding steroid dienone is 1. The number of carbonyl (C=O) groups is 1. The summed E-state index contributed by atoms with van der Waals surface area (Å²) in [7, 11) is 0. The van der Waals surface area contributed by atoms with Crippen molar-refractivity contribution in [3.8, 4) is 5.75 Å². The van der Waals surface area contributed by atoms with Crippen LogP contribution < -0.4 is 4.74 Å². The first-order chi connectivity index (χ1) is 8.40. The largest absolute Gasteiger partial charge is 0.482 e. The third kappa shape index (κ3) is 3.97. The zero-order valence-electron chi connectivity index (χ0n) is 9.97. The predicted molar refractivity (Wildman–Crippen MR) is 63.0 cm³/mol. The van der Waals surface area contributed by atoms with Gasteiger partial charge in [0.05, 0.1) is 11.0 Å². The SMILES string of the molecule is CC(C)=CC(=O)COc1cc([N+](=O)[O-])ccc1F. The molecular weight excluding hydrogens is 241 g/mol. The highest BCUT2D eigenvalue weighted by molar-refractivity contribution is 5.91. The van der Waals surface area contributed by atoms with E-state index in [-0.39, 0.29) is 23.8 Å². The van der Waals surface area contributed by atoms with Crippen LogP contribution in [-0.2, 0) is 4.79 Å². The topological polar surface area (TPSA) is 69.4 Å². The van der Waals surface area contributed by atoms with Gasteiger partial charge in [0.2, 0.25) is 0 Å². The van der Waals surface area contributed by atoms with E-state index >= 15 is 0 Å². The summed E-state index contributed by atoms with van der Waals surface area (Å²) in [5.41, 5.74) is 0.504. The van der Waals surface area contributed by atoms with Crippen molar-refractivity contribution >= 4 is 11.5 Å². The number of benzene rings is 1. The second-order valence-corrected chi connectivity index (χ2v) is 3.85. The Hall–Kier alpha value is -2.24. The van der Waals surface area contributed by atoms with E-state index in [0.717, 1.165) is 23.8 Å². The lowest BCUT2D eigenvalue weighted by Gasteiger charge is -2.05. The molecule has 0 heterocycles. The van der Waals surface area contributed by atoms with Crippen LogP contribution >= 0.6 is 0 Å². The van der Waals surface area contributed by atoms with Crippen LogP contribution in [0.5, 0.6) is 5.75 Å². The average molecular weight is 253 g/mol. The van der Waals surface area contributed by atoms with Gasteiger partial charge in [-0.25, -0.2) is 4.39 Å². The molecule has 0 spiro atoms. The molecule has 1 rings (SSSR count). The van der Waals surface area contributed by atoms with Gasteiger partial charge in [0.25, 0.3) is 5.69 Å². The Morgan fingerprint density at radius 3 is 2.72 bits per heavy atom. The fourth-order valence-corrected chi connectivity index (χ4v) is 1.23. The molecule has 0 aromatic heterocycles. The molecule has 0 fully saturated rings. The number of ketones is 1. The maximum absolute atomic E-state index is 13.3. The number of hydrogen-bond donors (Lipinski definition) is 0. The zero-order valence-corrected chi connectivity index (χ0v) is 9.97. The van der Waals surface area contributed by atoms with Crippen LogP contribution in [0.2, 0.25) is 0 Å². The Labute approximate surface area is 103 Å². The monoisotopic (exact) mass is 253 g/mol. The molecule has 18 heavy (non-hydrogen) atoms.